The maximum Gasteiger partial charge on any atom is 0.333 e. The molecule has 2 aromatic carbocycles. The van der Waals surface area contributed by atoms with Crippen LogP contribution in [0.15, 0.2) is 85.0 Å². The molecule has 0 heterocycles. The van der Waals surface area contributed by atoms with Gasteiger partial charge < -0.3 is 28.4 Å². The Hall–Kier alpha value is -5.78. The van der Waals surface area contributed by atoms with Crippen LogP contribution in [0, 0.1) is 0 Å². The number of ether oxygens (including phenoxy) is 6. The van der Waals surface area contributed by atoms with Crippen molar-refractivity contribution in [2.24, 2.45) is 0 Å². The van der Waals surface area contributed by atoms with Gasteiger partial charge in [0.2, 0.25) is 0 Å². The Balaban J connectivity index is 1.71. The Labute approximate surface area is 259 Å². The highest BCUT2D eigenvalue weighted by atomic mass is 16.6. The minimum absolute atomic E-state index is 0.0940. The fourth-order valence-corrected chi connectivity index (χ4v) is 2.97. The first-order valence-corrected chi connectivity index (χ1v) is 13.4. The van der Waals surface area contributed by atoms with Gasteiger partial charge in [-0.25, -0.2) is 19.2 Å². The van der Waals surface area contributed by atoms with E-state index in [0.29, 0.717) is 11.1 Å². The molecule has 0 N–H and O–H groups in total. The Morgan fingerprint density at radius 2 is 0.889 bits per heavy atom. The zero-order valence-corrected chi connectivity index (χ0v) is 24.8. The van der Waals surface area contributed by atoms with E-state index in [1.807, 2.05) is 0 Å². The summed E-state index contributed by atoms with van der Waals surface area (Å²) in [5, 5.41) is 0. The SMILES string of the molecule is C=C(C)C(=O)OCCOC(=O)/C=C/c1ccc(OC(=O)CC(=O)Oc2ccc(/C=C/C(=O)OCCOC(=O)C(=C)C)cc2)cc1. The molecule has 236 valence electrons. The molecule has 0 aliphatic carbocycles. The van der Waals surface area contributed by atoms with Crippen LogP contribution in [0.5, 0.6) is 11.5 Å². The lowest BCUT2D eigenvalue weighted by Crippen LogP contribution is -2.18. The average Bonchev–Trinajstić information content (AvgIpc) is 3.00. The summed E-state index contributed by atoms with van der Waals surface area (Å²) in [5.74, 6) is -3.76. The average molecular weight is 621 g/mol. The van der Waals surface area contributed by atoms with Crippen molar-refractivity contribution in [3.63, 3.8) is 0 Å². The Morgan fingerprint density at radius 1 is 0.556 bits per heavy atom. The van der Waals surface area contributed by atoms with E-state index in [-0.39, 0.29) is 49.1 Å². The standard InChI is InChI=1S/C33H32O12/c1-22(2)32(38)42-19-17-40-28(34)15-9-24-5-11-26(12-6-24)44-30(36)21-31(37)45-27-13-7-25(8-14-27)10-16-29(35)41-18-20-43-33(39)23(3)4/h5-16H,1,3,17-21H2,2,4H3/b15-9+,16-10+. The van der Waals surface area contributed by atoms with Gasteiger partial charge in [0.15, 0.2) is 0 Å². The lowest BCUT2D eigenvalue weighted by molar-refractivity contribution is -0.146. The molecule has 0 aliphatic rings. The monoisotopic (exact) mass is 620 g/mol. The van der Waals surface area contributed by atoms with Gasteiger partial charge in [0.1, 0.15) is 44.3 Å². The zero-order chi connectivity index (χ0) is 33.2. The van der Waals surface area contributed by atoms with Crippen LogP contribution in [0.3, 0.4) is 0 Å². The quantitative estimate of drug-likeness (QED) is 0.0666. The third kappa shape index (κ3) is 14.8. The molecule has 0 saturated heterocycles. The molecule has 0 atom stereocenters. The summed E-state index contributed by atoms with van der Waals surface area (Å²) < 4.78 is 29.8. The first kappa shape index (κ1) is 35.4. The van der Waals surface area contributed by atoms with Crippen molar-refractivity contribution in [1.29, 1.82) is 0 Å². The van der Waals surface area contributed by atoms with Gasteiger partial charge in [-0.1, -0.05) is 37.4 Å². The molecular formula is C33H32O12. The molecule has 0 unspecified atom stereocenters. The topological polar surface area (TPSA) is 158 Å². The van der Waals surface area contributed by atoms with E-state index in [1.165, 1.54) is 62.4 Å². The number of esters is 6. The van der Waals surface area contributed by atoms with Gasteiger partial charge in [-0.3, -0.25) is 9.59 Å². The third-order valence-electron chi connectivity index (χ3n) is 5.15. The number of hydrogen-bond donors (Lipinski definition) is 0. The first-order chi connectivity index (χ1) is 21.4. The van der Waals surface area contributed by atoms with Crippen molar-refractivity contribution in [1.82, 2.24) is 0 Å². The minimum Gasteiger partial charge on any atom is -0.459 e. The van der Waals surface area contributed by atoms with Gasteiger partial charge in [0.05, 0.1) is 0 Å². The summed E-state index contributed by atoms with van der Waals surface area (Å²) in [6.45, 7) is 9.48. The lowest BCUT2D eigenvalue weighted by Gasteiger charge is -2.06. The Kier molecular flexibility index (Phi) is 14.7. The summed E-state index contributed by atoms with van der Waals surface area (Å²) in [4.78, 5) is 70.4. The molecular weight excluding hydrogens is 588 g/mol. The van der Waals surface area contributed by atoms with Crippen molar-refractivity contribution >= 4 is 48.0 Å². The smallest absolute Gasteiger partial charge is 0.333 e. The predicted molar refractivity (Wildman–Crippen MR) is 160 cm³/mol. The van der Waals surface area contributed by atoms with E-state index >= 15 is 0 Å². The zero-order valence-electron chi connectivity index (χ0n) is 24.8. The lowest BCUT2D eigenvalue weighted by atomic mass is 10.2. The van der Waals surface area contributed by atoms with E-state index in [4.69, 9.17) is 28.4 Å². The molecule has 0 aromatic heterocycles. The third-order valence-corrected chi connectivity index (χ3v) is 5.15. The van der Waals surface area contributed by atoms with Crippen LogP contribution in [0.2, 0.25) is 0 Å². The molecule has 0 spiro atoms. The Morgan fingerprint density at radius 3 is 1.22 bits per heavy atom. The highest BCUT2D eigenvalue weighted by Crippen LogP contribution is 2.16. The predicted octanol–water partition coefficient (Wildman–Crippen LogP) is 3.94. The summed E-state index contributed by atoms with van der Waals surface area (Å²) in [6, 6.07) is 12.2. The summed E-state index contributed by atoms with van der Waals surface area (Å²) >= 11 is 0. The normalized spacial score (nSPS) is 10.5. The maximum atomic E-state index is 12.2. The van der Waals surface area contributed by atoms with Gasteiger partial charge in [-0.05, 0) is 61.4 Å². The highest BCUT2D eigenvalue weighted by Gasteiger charge is 2.14. The second-order valence-corrected chi connectivity index (χ2v) is 9.10. The van der Waals surface area contributed by atoms with Gasteiger partial charge in [-0.2, -0.15) is 0 Å². The molecule has 0 bridgehead atoms. The highest BCUT2D eigenvalue weighted by molar-refractivity contribution is 5.93. The largest absolute Gasteiger partial charge is 0.459 e. The van der Waals surface area contributed by atoms with Crippen molar-refractivity contribution in [2.45, 2.75) is 20.3 Å². The molecule has 12 heteroatoms. The number of carbonyl (C=O) groups excluding carboxylic acids is 6. The van der Waals surface area contributed by atoms with Gasteiger partial charge >= 0.3 is 35.8 Å². The number of rotatable bonds is 16. The number of hydrogen-bond acceptors (Lipinski definition) is 12. The molecule has 2 rings (SSSR count). The van der Waals surface area contributed by atoms with Crippen LogP contribution in [-0.4, -0.2) is 62.2 Å². The van der Waals surface area contributed by atoms with Crippen molar-refractivity contribution in [3.8, 4) is 11.5 Å². The van der Waals surface area contributed by atoms with E-state index in [1.54, 1.807) is 24.3 Å². The van der Waals surface area contributed by atoms with Crippen molar-refractivity contribution in [3.05, 3.63) is 96.1 Å². The summed E-state index contributed by atoms with van der Waals surface area (Å²) in [7, 11) is 0. The molecule has 2 aromatic rings. The van der Waals surface area contributed by atoms with Gasteiger partial charge in [0.25, 0.3) is 0 Å². The van der Waals surface area contributed by atoms with E-state index in [2.05, 4.69) is 13.2 Å². The van der Waals surface area contributed by atoms with Crippen LogP contribution >= 0.6 is 0 Å². The first-order valence-electron chi connectivity index (χ1n) is 13.4. The number of carbonyl (C=O) groups is 6. The van der Waals surface area contributed by atoms with Crippen LogP contribution in [0.25, 0.3) is 12.2 Å². The van der Waals surface area contributed by atoms with Crippen LogP contribution < -0.4 is 9.47 Å². The van der Waals surface area contributed by atoms with Gasteiger partial charge in [0, 0.05) is 23.3 Å². The maximum absolute atomic E-state index is 12.2. The fourth-order valence-electron chi connectivity index (χ4n) is 2.97. The minimum atomic E-state index is -0.841. The van der Waals surface area contributed by atoms with Crippen LogP contribution in [0.1, 0.15) is 31.4 Å². The summed E-state index contributed by atoms with van der Waals surface area (Å²) in [5.41, 5.74) is 1.70. The molecule has 0 fully saturated rings. The molecule has 45 heavy (non-hydrogen) atoms. The summed E-state index contributed by atoms with van der Waals surface area (Å²) in [6.07, 6.45) is 4.67. The molecule has 0 amide bonds. The molecule has 0 aliphatic heterocycles. The second kappa shape index (κ2) is 18.7. The van der Waals surface area contributed by atoms with Gasteiger partial charge in [-0.15, -0.1) is 0 Å². The van der Waals surface area contributed by atoms with E-state index in [0.717, 1.165) is 0 Å². The van der Waals surface area contributed by atoms with Crippen molar-refractivity contribution < 1.29 is 57.2 Å². The van der Waals surface area contributed by atoms with Crippen LogP contribution in [-0.2, 0) is 47.7 Å². The molecule has 12 nitrogen and oxygen atoms in total. The second-order valence-electron chi connectivity index (χ2n) is 9.10. The van der Waals surface area contributed by atoms with E-state index < -0.39 is 42.2 Å². The fraction of sp³-hybridized carbons (Fsp3) is 0.212. The molecule has 0 radical (unpaired) electrons. The van der Waals surface area contributed by atoms with Crippen LogP contribution in [0.4, 0.5) is 0 Å². The Bertz CT molecular complexity index is 1350. The molecule has 0 saturated carbocycles. The van der Waals surface area contributed by atoms with E-state index in [9.17, 15) is 28.8 Å². The van der Waals surface area contributed by atoms with Crippen molar-refractivity contribution in [2.75, 3.05) is 26.4 Å². The number of benzene rings is 2.